The van der Waals surface area contributed by atoms with Crippen LogP contribution in [0.3, 0.4) is 0 Å². The van der Waals surface area contributed by atoms with Gasteiger partial charge in [0.1, 0.15) is 0 Å². The van der Waals surface area contributed by atoms with Crippen molar-refractivity contribution < 1.29 is 5.11 Å². The minimum atomic E-state index is -0.649. The maximum Gasteiger partial charge on any atom is 0.0679 e. The average molecular weight is 432 g/mol. The molecule has 0 saturated carbocycles. The summed E-state index contributed by atoms with van der Waals surface area (Å²) in [6.07, 6.45) is 1.98. The third-order valence-corrected chi connectivity index (χ3v) is 7.66. The second kappa shape index (κ2) is 9.21. The van der Waals surface area contributed by atoms with Crippen LogP contribution in [0, 0.1) is 5.41 Å². The molecule has 6 heteroatoms. The molecule has 0 amide bonds. The van der Waals surface area contributed by atoms with Crippen LogP contribution in [-0.2, 0) is 0 Å². The summed E-state index contributed by atoms with van der Waals surface area (Å²) in [6, 6.07) is 17.1. The average Bonchev–Trinajstić information content (AvgIpc) is 2.67. The van der Waals surface area contributed by atoms with Crippen LogP contribution in [0.25, 0.3) is 0 Å². The van der Waals surface area contributed by atoms with E-state index < -0.39 is 5.60 Å². The van der Waals surface area contributed by atoms with Crippen molar-refractivity contribution in [2.24, 2.45) is 5.41 Å². The Kier molecular flexibility index (Phi) is 7.10. The molecule has 1 aliphatic heterocycles. The van der Waals surface area contributed by atoms with Crippen molar-refractivity contribution in [1.29, 1.82) is 0 Å². The van der Waals surface area contributed by atoms with Gasteiger partial charge >= 0.3 is 0 Å². The molecule has 0 radical (unpaired) electrons. The van der Waals surface area contributed by atoms with Crippen molar-refractivity contribution in [2.45, 2.75) is 49.0 Å². The third kappa shape index (κ3) is 5.63. The highest BCUT2D eigenvalue weighted by Crippen LogP contribution is 2.43. The van der Waals surface area contributed by atoms with E-state index in [0.29, 0.717) is 0 Å². The molecule has 0 spiro atoms. The Bertz CT molecular complexity index is 795. The fraction of sp³-hybridized carbons (Fsp3) is 0.478. The largest absolute Gasteiger partial charge is 0.390 e. The van der Waals surface area contributed by atoms with Gasteiger partial charge in [0, 0.05) is 22.9 Å². The van der Waals surface area contributed by atoms with Gasteiger partial charge in [-0.25, -0.2) is 0 Å². The van der Waals surface area contributed by atoms with Crippen LogP contribution in [0.15, 0.2) is 58.3 Å². The fourth-order valence-electron chi connectivity index (χ4n) is 3.58. The van der Waals surface area contributed by atoms with Gasteiger partial charge in [-0.05, 0) is 106 Å². The van der Waals surface area contributed by atoms with E-state index in [1.54, 1.807) is 23.9 Å². The SMILES string of the molecule is CN(C)Sc1ccc(SNc2ccccc2N2CCC(C)(C(C)(C)O)CC2)cc1. The minimum Gasteiger partial charge on any atom is -0.390 e. The zero-order valence-electron chi connectivity index (χ0n) is 18.1. The number of anilines is 2. The lowest BCUT2D eigenvalue weighted by Crippen LogP contribution is -2.49. The monoisotopic (exact) mass is 431 g/mol. The van der Waals surface area contributed by atoms with Gasteiger partial charge < -0.3 is 14.7 Å². The van der Waals surface area contributed by atoms with Crippen LogP contribution < -0.4 is 9.62 Å². The number of aliphatic hydroxyl groups is 1. The molecule has 2 aromatic carbocycles. The first kappa shape index (κ1) is 22.3. The van der Waals surface area contributed by atoms with E-state index in [1.165, 1.54) is 15.5 Å². The summed E-state index contributed by atoms with van der Waals surface area (Å²) in [7, 11) is 4.10. The highest BCUT2D eigenvalue weighted by atomic mass is 32.2. The number of piperidine rings is 1. The number of hydrogen-bond donors (Lipinski definition) is 2. The van der Waals surface area contributed by atoms with Crippen molar-refractivity contribution in [1.82, 2.24) is 4.31 Å². The molecule has 4 nitrogen and oxygen atoms in total. The molecule has 1 saturated heterocycles. The number of rotatable bonds is 7. The maximum absolute atomic E-state index is 10.6. The molecule has 1 fully saturated rings. The summed E-state index contributed by atoms with van der Waals surface area (Å²) in [4.78, 5) is 4.87. The van der Waals surface area contributed by atoms with Crippen molar-refractivity contribution in [3.63, 3.8) is 0 Å². The molecular weight excluding hydrogens is 398 g/mol. The minimum absolute atomic E-state index is 0.0348. The summed E-state index contributed by atoms with van der Waals surface area (Å²) in [6.45, 7) is 8.01. The Morgan fingerprint density at radius 1 is 1.00 bits per heavy atom. The molecule has 0 atom stereocenters. The van der Waals surface area contributed by atoms with E-state index >= 15 is 0 Å². The van der Waals surface area contributed by atoms with Crippen molar-refractivity contribution in [3.8, 4) is 0 Å². The molecule has 0 aromatic heterocycles. The van der Waals surface area contributed by atoms with Crippen LogP contribution in [0.5, 0.6) is 0 Å². The normalized spacial score (nSPS) is 16.9. The first-order valence-corrected chi connectivity index (χ1v) is 11.7. The van der Waals surface area contributed by atoms with Crippen molar-refractivity contribution in [3.05, 3.63) is 48.5 Å². The van der Waals surface area contributed by atoms with E-state index in [1.807, 2.05) is 13.8 Å². The predicted octanol–water partition coefficient (Wildman–Crippen LogP) is 5.75. The van der Waals surface area contributed by atoms with Crippen molar-refractivity contribution >= 4 is 35.3 Å². The quantitative estimate of drug-likeness (QED) is 0.544. The van der Waals surface area contributed by atoms with Gasteiger partial charge in [-0.1, -0.05) is 19.1 Å². The Morgan fingerprint density at radius 3 is 2.17 bits per heavy atom. The number of para-hydroxylation sites is 2. The molecule has 1 heterocycles. The van der Waals surface area contributed by atoms with E-state index in [4.69, 9.17) is 0 Å². The van der Waals surface area contributed by atoms with Gasteiger partial charge in [-0.3, -0.25) is 4.31 Å². The lowest BCUT2D eigenvalue weighted by atomic mass is 9.69. The highest BCUT2D eigenvalue weighted by Gasteiger charge is 2.42. The lowest BCUT2D eigenvalue weighted by Gasteiger charge is -2.47. The summed E-state index contributed by atoms with van der Waals surface area (Å²) in [5.41, 5.74) is 1.69. The molecule has 2 N–H and O–H groups in total. The molecule has 0 unspecified atom stereocenters. The van der Waals surface area contributed by atoms with Crippen LogP contribution in [0.1, 0.15) is 33.6 Å². The van der Waals surface area contributed by atoms with Gasteiger partial charge in [0.05, 0.1) is 17.0 Å². The zero-order valence-corrected chi connectivity index (χ0v) is 19.7. The summed E-state index contributed by atoms with van der Waals surface area (Å²) in [5, 5.41) is 10.6. The number of benzene rings is 2. The third-order valence-electron chi connectivity index (χ3n) is 5.98. The van der Waals surface area contributed by atoms with Gasteiger partial charge in [-0.2, -0.15) is 0 Å². The van der Waals surface area contributed by atoms with Crippen LogP contribution in [0.2, 0.25) is 0 Å². The van der Waals surface area contributed by atoms with Gasteiger partial charge in [0.25, 0.3) is 0 Å². The zero-order chi connectivity index (χ0) is 21.1. The van der Waals surface area contributed by atoms with Crippen molar-refractivity contribution in [2.75, 3.05) is 36.8 Å². The summed E-state index contributed by atoms with van der Waals surface area (Å²) >= 11 is 3.37. The van der Waals surface area contributed by atoms with E-state index in [2.05, 4.69) is 83.5 Å². The molecule has 0 bridgehead atoms. The molecule has 2 aromatic rings. The first-order valence-electron chi connectivity index (χ1n) is 10.1. The number of nitrogens with zero attached hydrogens (tertiary/aromatic N) is 2. The summed E-state index contributed by atoms with van der Waals surface area (Å²) in [5.74, 6) is 0. The first-order chi connectivity index (χ1) is 13.7. The number of nitrogens with one attached hydrogen (secondary N) is 1. The predicted molar refractivity (Wildman–Crippen MR) is 128 cm³/mol. The Hall–Kier alpha value is -1.34. The van der Waals surface area contributed by atoms with E-state index in [0.717, 1.165) is 31.6 Å². The van der Waals surface area contributed by atoms with E-state index in [9.17, 15) is 5.11 Å². The Morgan fingerprint density at radius 2 is 1.59 bits per heavy atom. The second-order valence-corrected chi connectivity index (χ2v) is 11.0. The standard InChI is InChI=1S/C23H33N3OS2/c1-22(2,27)23(3)14-16-26(17-15-23)21-9-7-6-8-20(21)24-28-18-10-12-19(13-11-18)29-25(4)5/h6-13,24,27H,14-17H2,1-5H3. The summed E-state index contributed by atoms with van der Waals surface area (Å²) < 4.78 is 5.64. The second-order valence-electron chi connectivity index (χ2n) is 8.70. The molecule has 29 heavy (non-hydrogen) atoms. The maximum atomic E-state index is 10.6. The van der Waals surface area contributed by atoms with Gasteiger partial charge in [-0.15, -0.1) is 0 Å². The molecule has 3 rings (SSSR count). The molecule has 0 aliphatic carbocycles. The molecule has 158 valence electrons. The van der Waals surface area contributed by atoms with Crippen LogP contribution >= 0.6 is 23.9 Å². The van der Waals surface area contributed by atoms with Gasteiger partial charge in [0.15, 0.2) is 0 Å². The smallest absolute Gasteiger partial charge is 0.0679 e. The number of hydrogen-bond acceptors (Lipinski definition) is 6. The van der Waals surface area contributed by atoms with Crippen LogP contribution in [0.4, 0.5) is 11.4 Å². The molecule has 1 aliphatic rings. The fourth-order valence-corrected chi connectivity index (χ4v) is 4.93. The van der Waals surface area contributed by atoms with Crippen LogP contribution in [-0.4, -0.2) is 42.2 Å². The lowest BCUT2D eigenvalue weighted by molar-refractivity contribution is -0.0585. The highest BCUT2D eigenvalue weighted by molar-refractivity contribution is 8.00. The van der Waals surface area contributed by atoms with Gasteiger partial charge in [0.2, 0.25) is 0 Å². The Labute approximate surface area is 184 Å². The topological polar surface area (TPSA) is 38.7 Å². The molecular formula is C23H33N3OS2. The Balaban J connectivity index is 1.64. The van der Waals surface area contributed by atoms with E-state index in [-0.39, 0.29) is 5.41 Å².